The first-order chi connectivity index (χ1) is 11.8. The second-order valence-corrected chi connectivity index (χ2v) is 8.34. The summed E-state index contributed by atoms with van der Waals surface area (Å²) in [7, 11) is -3.21. The Hall–Kier alpha value is -2.14. The fourth-order valence-electron chi connectivity index (χ4n) is 2.82. The summed E-state index contributed by atoms with van der Waals surface area (Å²) in [6.07, 6.45) is 2.89. The first-order valence-electron chi connectivity index (χ1n) is 8.48. The second kappa shape index (κ2) is 8.30. The first kappa shape index (κ1) is 19.2. The van der Waals surface area contributed by atoms with Gasteiger partial charge in [-0.2, -0.15) is 0 Å². The molecule has 0 aliphatic rings. The Balaban J connectivity index is 2.12. The minimum absolute atomic E-state index is 0.00672. The van der Waals surface area contributed by atoms with Gasteiger partial charge in [0.05, 0.1) is 16.9 Å². The lowest BCUT2D eigenvalue weighted by Gasteiger charge is -2.21. The fraction of sp³-hybridized carbons (Fsp3) is 0.350. The molecule has 2 aromatic carbocycles. The van der Waals surface area contributed by atoms with Crippen LogP contribution >= 0.6 is 0 Å². The van der Waals surface area contributed by atoms with Crippen LogP contribution in [0.3, 0.4) is 0 Å². The van der Waals surface area contributed by atoms with Gasteiger partial charge in [-0.05, 0) is 36.6 Å². The van der Waals surface area contributed by atoms with E-state index >= 15 is 0 Å². The molecule has 0 saturated heterocycles. The number of carbonyl (C=O) groups excluding carboxylic acids is 1. The first-order valence-corrected chi connectivity index (χ1v) is 10.4. The summed E-state index contributed by atoms with van der Waals surface area (Å²) in [5.41, 5.74) is 1.89. The highest BCUT2D eigenvalue weighted by Crippen LogP contribution is 2.23. The number of hydrogen-bond acceptors (Lipinski definition) is 3. The molecule has 0 bridgehead atoms. The maximum Gasteiger partial charge on any atom is 0.228 e. The maximum atomic E-state index is 12.7. The monoisotopic (exact) mass is 359 g/mol. The summed E-state index contributed by atoms with van der Waals surface area (Å²) in [5, 5.41) is 3.05. The molecule has 5 heteroatoms. The highest BCUT2D eigenvalue weighted by atomic mass is 32.2. The third-order valence-corrected chi connectivity index (χ3v) is 5.39. The van der Waals surface area contributed by atoms with Crippen molar-refractivity contribution in [1.82, 2.24) is 5.32 Å². The van der Waals surface area contributed by atoms with Gasteiger partial charge in [-0.15, -0.1) is 0 Å². The number of nitrogens with one attached hydrogen (secondary N) is 1. The van der Waals surface area contributed by atoms with Gasteiger partial charge in [-0.25, -0.2) is 8.42 Å². The van der Waals surface area contributed by atoms with Crippen molar-refractivity contribution in [1.29, 1.82) is 0 Å². The number of hydrogen-bond donors (Lipinski definition) is 1. The molecule has 1 N–H and O–H groups in total. The molecule has 0 radical (unpaired) electrons. The minimum Gasteiger partial charge on any atom is -0.349 e. The molecule has 0 aliphatic heterocycles. The zero-order valence-corrected chi connectivity index (χ0v) is 15.7. The molecular formula is C20H25NO3S. The predicted octanol–water partition coefficient (Wildman–Crippen LogP) is 3.85. The number of benzene rings is 2. The molecule has 4 nitrogen and oxygen atoms in total. The van der Waals surface area contributed by atoms with Crippen LogP contribution < -0.4 is 5.32 Å². The van der Waals surface area contributed by atoms with E-state index in [2.05, 4.69) is 12.2 Å². The third kappa shape index (κ3) is 5.16. The molecule has 0 fully saturated rings. The Bertz CT molecular complexity index is 799. The van der Waals surface area contributed by atoms with E-state index in [4.69, 9.17) is 0 Å². The molecule has 0 spiro atoms. The van der Waals surface area contributed by atoms with Gasteiger partial charge in [-0.1, -0.05) is 55.8 Å². The van der Waals surface area contributed by atoms with Crippen LogP contribution in [-0.4, -0.2) is 20.6 Å². The molecule has 1 amide bonds. The van der Waals surface area contributed by atoms with E-state index in [0.717, 1.165) is 24.0 Å². The number of carbonyl (C=O) groups is 1. The molecule has 2 aromatic rings. The maximum absolute atomic E-state index is 12.7. The van der Waals surface area contributed by atoms with Crippen LogP contribution in [-0.2, 0) is 14.6 Å². The van der Waals surface area contributed by atoms with E-state index in [1.165, 1.54) is 6.26 Å². The molecule has 0 heterocycles. The van der Waals surface area contributed by atoms with E-state index in [0.29, 0.717) is 0 Å². The van der Waals surface area contributed by atoms with Crippen LogP contribution in [0.25, 0.3) is 0 Å². The van der Waals surface area contributed by atoms with Gasteiger partial charge in [0.15, 0.2) is 9.84 Å². The van der Waals surface area contributed by atoms with Crippen molar-refractivity contribution >= 4 is 15.7 Å². The number of rotatable bonds is 7. The zero-order chi connectivity index (χ0) is 18.4. The molecule has 134 valence electrons. The van der Waals surface area contributed by atoms with Crippen molar-refractivity contribution in [3.8, 4) is 0 Å². The Morgan fingerprint density at radius 3 is 2.12 bits per heavy atom. The second-order valence-electron chi connectivity index (χ2n) is 6.32. The SMILES string of the molecule is CCC[C@H](C(=O)N[C@@H](C)c1ccc(S(C)(=O)=O)cc1)c1ccccc1. The normalized spacial score (nSPS) is 13.9. The van der Waals surface area contributed by atoms with Gasteiger partial charge in [0.1, 0.15) is 0 Å². The quantitative estimate of drug-likeness (QED) is 0.817. The Morgan fingerprint density at radius 1 is 1.00 bits per heavy atom. The standard InChI is InChI=1S/C20H25NO3S/c1-4-8-19(17-9-6-5-7-10-17)20(22)21-15(2)16-11-13-18(14-12-16)25(3,23)24/h5-7,9-15,19H,4,8H2,1-3H3,(H,21,22)/t15-,19-/m0/s1. The van der Waals surface area contributed by atoms with Crippen molar-refractivity contribution < 1.29 is 13.2 Å². The molecule has 0 unspecified atom stereocenters. The van der Waals surface area contributed by atoms with Gasteiger partial charge in [0, 0.05) is 6.26 Å². The smallest absolute Gasteiger partial charge is 0.228 e. The molecule has 0 aromatic heterocycles. The van der Waals surface area contributed by atoms with E-state index in [-0.39, 0.29) is 22.8 Å². The average Bonchev–Trinajstić information content (AvgIpc) is 2.59. The Kier molecular flexibility index (Phi) is 6.37. The van der Waals surface area contributed by atoms with Crippen molar-refractivity contribution in [2.75, 3.05) is 6.26 Å². The van der Waals surface area contributed by atoms with E-state index in [1.54, 1.807) is 24.3 Å². The van der Waals surface area contributed by atoms with Gasteiger partial charge < -0.3 is 5.32 Å². The Morgan fingerprint density at radius 2 is 1.60 bits per heavy atom. The van der Waals surface area contributed by atoms with Crippen molar-refractivity contribution in [2.24, 2.45) is 0 Å². The summed E-state index contributed by atoms with van der Waals surface area (Å²) in [6.45, 7) is 3.97. The van der Waals surface area contributed by atoms with Crippen LogP contribution in [0.4, 0.5) is 0 Å². The summed E-state index contributed by atoms with van der Waals surface area (Å²) >= 11 is 0. The van der Waals surface area contributed by atoms with Gasteiger partial charge in [0.2, 0.25) is 5.91 Å². The lowest BCUT2D eigenvalue weighted by Crippen LogP contribution is -2.31. The zero-order valence-electron chi connectivity index (χ0n) is 14.9. The summed E-state index contributed by atoms with van der Waals surface area (Å²) < 4.78 is 23.1. The predicted molar refractivity (Wildman–Crippen MR) is 100 cm³/mol. The summed E-state index contributed by atoms with van der Waals surface area (Å²) in [5.74, 6) is -0.184. The van der Waals surface area contributed by atoms with E-state index in [1.807, 2.05) is 37.3 Å². The molecule has 2 rings (SSSR count). The largest absolute Gasteiger partial charge is 0.349 e. The number of sulfone groups is 1. The highest BCUT2D eigenvalue weighted by molar-refractivity contribution is 7.90. The third-order valence-electron chi connectivity index (χ3n) is 4.26. The van der Waals surface area contributed by atoms with Crippen molar-refractivity contribution in [2.45, 2.75) is 43.5 Å². The van der Waals surface area contributed by atoms with Crippen LogP contribution in [0.1, 0.15) is 49.8 Å². The summed E-state index contributed by atoms with van der Waals surface area (Å²) in [4.78, 5) is 13.0. The van der Waals surface area contributed by atoms with Crippen LogP contribution in [0, 0.1) is 0 Å². The van der Waals surface area contributed by atoms with Crippen LogP contribution in [0.15, 0.2) is 59.5 Å². The Labute approximate surface area is 150 Å². The van der Waals surface area contributed by atoms with Crippen LogP contribution in [0.5, 0.6) is 0 Å². The molecule has 25 heavy (non-hydrogen) atoms. The number of amides is 1. The molecular weight excluding hydrogens is 334 g/mol. The van der Waals surface area contributed by atoms with Crippen LogP contribution in [0.2, 0.25) is 0 Å². The molecule has 0 aliphatic carbocycles. The summed E-state index contributed by atoms with van der Waals surface area (Å²) in [6, 6.07) is 16.2. The lowest BCUT2D eigenvalue weighted by atomic mass is 9.93. The lowest BCUT2D eigenvalue weighted by molar-refractivity contribution is -0.123. The van der Waals surface area contributed by atoms with Crippen molar-refractivity contribution in [3.63, 3.8) is 0 Å². The average molecular weight is 359 g/mol. The minimum atomic E-state index is -3.21. The van der Waals surface area contributed by atoms with Gasteiger partial charge >= 0.3 is 0 Å². The van der Waals surface area contributed by atoms with Gasteiger partial charge in [-0.3, -0.25) is 4.79 Å². The van der Waals surface area contributed by atoms with Gasteiger partial charge in [0.25, 0.3) is 0 Å². The van der Waals surface area contributed by atoms with E-state index in [9.17, 15) is 13.2 Å². The van der Waals surface area contributed by atoms with Crippen molar-refractivity contribution in [3.05, 3.63) is 65.7 Å². The highest BCUT2D eigenvalue weighted by Gasteiger charge is 2.21. The molecule has 0 saturated carbocycles. The molecule has 2 atom stereocenters. The fourth-order valence-corrected chi connectivity index (χ4v) is 3.45. The van der Waals surface area contributed by atoms with E-state index < -0.39 is 9.84 Å². The topological polar surface area (TPSA) is 63.2 Å².